The van der Waals surface area contributed by atoms with E-state index in [4.69, 9.17) is 5.73 Å². The molecule has 1 atom stereocenters. The Morgan fingerprint density at radius 1 is 1.31 bits per heavy atom. The lowest BCUT2D eigenvalue weighted by Crippen LogP contribution is -2.41. The van der Waals surface area contributed by atoms with Crippen molar-refractivity contribution in [1.82, 2.24) is 4.90 Å². The van der Waals surface area contributed by atoms with E-state index in [9.17, 15) is 4.39 Å². The Labute approximate surface area is 95.6 Å². The fourth-order valence-electron chi connectivity index (χ4n) is 2.03. The Morgan fingerprint density at radius 2 is 2.06 bits per heavy atom. The summed E-state index contributed by atoms with van der Waals surface area (Å²) in [6.45, 7) is 2.50. The number of nitrogens with two attached hydrogens (primary N) is 1. The van der Waals surface area contributed by atoms with Crippen LogP contribution in [0.3, 0.4) is 0 Å². The zero-order chi connectivity index (χ0) is 11.4. The minimum atomic E-state index is -0.183. The minimum Gasteiger partial charge on any atom is -0.329 e. The first-order valence-corrected chi connectivity index (χ1v) is 5.65. The first kappa shape index (κ1) is 11.3. The molecule has 3 heteroatoms. The average molecular weight is 220 g/mol. The van der Waals surface area contributed by atoms with Crippen molar-refractivity contribution in [2.75, 3.05) is 13.1 Å². The van der Waals surface area contributed by atoms with Gasteiger partial charge in [0.1, 0.15) is 5.82 Å². The van der Waals surface area contributed by atoms with E-state index in [-0.39, 0.29) is 5.82 Å². The van der Waals surface area contributed by atoms with Crippen LogP contribution in [0.25, 0.3) is 0 Å². The zero-order valence-corrected chi connectivity index (χ0v) is 9.27. The molecule has 0 bridgehead atoms. The van der Waals surface area contributed by atoms with Gasteiger partial charge in [0.15, 0.2) is 0 Å². The quantitative estimate of drug-likeness (QED) is 0.788. The molecule has 0 aromatic heterocycles. The lowest BCUT2D eigenvalue weighted by atomic mass is 10.1. The van der Waals surface area contributed by atoms with Gasteiger partial charge in [-0.25, -0.2) is 4.39 Å². The Hall–Kier alpha value is -1.19. The summed E-state index contributed by atoms with van der Waals surface area (Å²) >= 11 is 0. The molecule has 0 saturated heterocycles. The number of hydrogen-bond donors (Lipinski definition) is 1. The third-order valence-corrected chi connectivity index (χ3v) is 2.95. The van der Waals surface area contributed by atoms with Gasteiger partial charge in [0.2, 0.25) is 0 Å². The molecule has 1 aliphatic rings. The second-order valence-electron chi connectivity index (χ2n) is 4.12. The van der Waals surface area contributed by atoms with E-state index in [2.05, 4.69) is 17.1 Å². The van der Waals surface area contributed by atoms with Gasteiger partial charge in [0, 0.05) is 25.7 Å². The highest BCUT2D eigenvalue weighted by Crippen LogP contribution is 2.14. The minimum absolute atomic E-state index is 0.183. The molecule has 0 aliphatic carbocycles. The van der Waals surface area contributed by atoms with E-state index >= 15 is 0 Å². The molecule has 0 amide bonds. The summed E-state index contributed by atoms with van der Waals surface area (Å²) in [6.07, 6.45) is 5.41. The van der Waals surface area contributed by atoms with Crippen LogP contribution in [-0.2, 0) is 6.54 Å². The van der Waals surface area contributed by atoms with E-state index in [0.29, 0.717) is 12.6 Å². The van der Waals surface area contributed by atoms with Crippen molar-refractivity contribution in [1.29, 1.82) is 0 Å². The third-order valence-electron chi connectivity index (χ3n) is 2.95. The first-order chi connectivity index (χ1) is 7.79. The monoisotopic (exact) mass is 220 g/mol. The van der Waals surface area contributed by atoms with Crippen molar-refractivity contribution in [3.63, 3.8) is 0 Å². The average Bonchev–Trinajstić information content (AvgIpc) is 2.33. The van der Waals surface area contributed by atoms with Gasteiger partial charge >= 0.3 is 0 Å². The van der Waals surface area contributed by atoms with Crippen LogP contribution in [0.15, 0.2) is 36.4 Å². The highest BCUT2D eigenvalue weighted by Gasteiger charge is 2.16. The molecular formula is C13H17FN2. The molecule has 1 heterocycles. The summed E-state index contributed by atoms with van der Waals surface area (Å²) in [5.41, 5.74) is 6.85. The second kappa shape index (κ2) is 5.23. The van der Waals surface area contributed by atoms with Crippen molar-refractivity contribution < 1.29 is 4.39 Å². The van der Waals surface area contributed by atoms with Crippen molar-refractivity contribution in [2.24, 2.45) is 5.73 Å². The normalized spacial score (nSPS) is 21.2. The number of halogens is 1. The highest BCUT2D eigenvalue weighted by molar-refractivity contribution is 5.16. The van der Waals surface area contributed by atoms with Crippen LogP contribution >= 0.6 is 0 Å². The van der Waals surface area contributed by atoms with Gasteiger partial charge in [-0.3, -0.25) is 4.90 Å². The molecule has 1 aromatic rings. The Morgan fingerprint density at radius 3 is 2.75 bits per heavy atom. The molecule has 86 valence electrons. The van der Waals surface area contributed by atoms with Crippen LogP contribution < -0.4 is 5.73 Å². The summed E-state index contributed by atoms with van der Waals surface area (Å²) in [6, 6.07) is 7.00. The Kier molecular flexibility index (Phi) is 3.70. The number of rotatable bonds is 3. The lowest BCUT2D eigenvalue weighted by Gasteiger charge is -2.31. The van der Waals surface area contributed by atoms with Crippen LogP contribution in [0.1, 0.15) is 12.0 Å². The topological polar surface area (TPSA) is 29.3 Å². The summed E-state index contributed by atoms with van der Waals surface area (Å²) in [4.78, 5) is 2.33. The molecule has 2 N–H and O–H groups in total. The summed E-state index contributed by atoms with van der Waals surface area (Å²) in [5, 5.41) is 0. The number of hydrogen-bond acceptors (Lipinski definition) is 2. The molecule has 1 unspecified atom stereocenters. The second-order valence-corrected chi connectivity index (χ2v) is 4.12. The molecule has 2 nitrogen and oxygen atoms in total. The molecule has 16 heavy (non-hydrogen) atoms. The highest BCUT2D eigenvalue weighted by atomic mass is 19.1. The Balaban J connectivity index is 2.03. The maximum atomic E-state index is 12.8. The smallest absolute Gasteiger partial charge is 0.123 e. The van der Waals surface area contributed by atoms with Crippen LogP contribution in [0, 0.1) is 5.82 Å². The molecule has 0 fully saturated rings. The predicted molar refractivity (Wildman–Crippen MR) is 63.4 cm³/mol. The van der Waals surface area contributed by atoms with Crippen molar-refractivity contribution in [3.8, 4) is 0 Å². The van der Waals surface area contributed by atoms with Gasteiger partial charge < -0.3 is 5.73 Å². The van der Waals surface area contributed by atoms with E-state index in [1.165, 1.54) is 12.1 Å². The molecule has 2 rings (SSSR count). The van der Waals surface area contributed by atoms with Crippen LogP contribution in [0.4, 0.5) is 4.39 Å². The zero-order valence-electron chi connectivity index (χ0n) is 9.27. The van der Waals surface area contributed by atoms with E-state index in [0.717, 1.165) is 25.1 Å². The largest absolute Gasteiger partial charge is 0.329 e. The molecule has 0 saturated carbocycles. The van der Waals surface area contributed by atoms with E-state index in [1.807, 2.05) is 12.1 Å². The maximum absolute atomic E-state index is 12.8. The lowest BCUT2D eigenvalue weighted by molar-refractivity contribution is 0.218. The standard InChI is InChI=1S/C13H17FN2/c14-12-6-4-11(5-7-12)10-16-8-2-1-3-13(16)9-15/h1,3-7,13H,2,8-10,15H2. The van der Waals surface area contributed by atoms with Crippen molar-refractivity contribution in [2.45, 2.75) is 19.0 Å². The Bertz CT molecular complexity index is 359. The fourth-order valence-corrected chi connectivity index (χ4v) is 2.03. The SMILES string of the molecule is NCC1C=CCCN1Cc1ccc(F)cc1. The van der Waals surface area contributed by atoms with Crippen LogP contribution in [0.2, 0.25) is 0 Å². The van der Waals surface area contributed by atoms with Gasteiger partial charge in [-0.15, -0.1) is 0 Å². The summed E-state index contributed by atoms with van der Waals surface area (Å²) < 4.78 is 12.8. The van der Waals surface area contributed by atoms with E-state index in [1.54, 1.807) is 0 Å². The molecular weight excluding hydrogens is 203 g/mol. The summed E-state index contributed by atoms with van der Waals surface area (Å²) in [5.74, 6) is -0.183. The number of nitrogens with zero attached hydrogens (tertiary/aromatic N) is 1. The van der Waals surface area contributed by atoms with Crippen molar-refractivity contribution in [3.05, 3.63) is 47.8 Å². The van der Waals surface area contributed by atoms with Crippen LogP contribution in [-0.4, -0.2) is 24.0 Å². The third kappa shape index (κ3) is 2.68. The van der Waals surface area contributed by atoms with Crippen LogP contribution in [0.5, 0.6) is 0 Å². The van der Waals surface area contributed by atoms with Gasteiger partial charge in [-0.1, -0.05) is 24.3 Å². The van der Waals surface area contributed by atoms with Gasteiger partial charge in [-0.2, -0.15) is 0 Å². The summed E-state index contributed by atoms with van der Waals surface area (Å²) in [7, 11) is 0. The molecule has 1 aliphatic heterocycles. The van der Waals surface area contributed by atoms with E-state index < -0.39 is 0 Å². The molecule has 0 spiro atoms. The predicted octanol–water partition coefficient (Wildman–Crippen LogP) is 1.91. The fraction of sp³-hybridized carbons (Fsp3) is 0.385. The van der Waals surface area contributed by atoms with Gasteiger partial charge in [-0.05, 0) is 24.1 Å². The first-order valence-electron chi connectivity index (χ1n) is 5.65. The van der Waals surface area contributed by atoms with Crippen molar-refractivity contribution >= 4 is 0 Å². The van der Waals surface area contributed by atoms with Gasteiger partial charge in [0.05, 0.1) is 0 Å². The van der Waals surface area contributed by atoms with Gasteiger partial charge in [0.25, 0.3) is 0 Å². The maximum Gasteiger partial charge on any atom is 0.123 e. The molecule has 1 aromatic carbocycles. The molecule has 0 radical (unpaired) electrons. The number of benzene rings is 1.